The molecule has 66 valence electrons. The molecular weight excluding hydrogens is 158 g/mol. The van der Waals surface area contributed by atoms with Crippen LogP contribution in [-0.2, 0) is 9.59 Å². The maximum atomic E-state index is 11.2. The number of hydrogen-bond acceptors (Lipinski definition) is 2. The van der Waals surface area contributed by atoms with Gasteiger partial charge >= 0.3 is 5.97 Å². The van der Waals surface area contributed by atoms with E-state index in [2.05, 4.69) is 5.32 Å². The number of rotatable bonds is 1. The highest BCUT2D eigenvalue weighted by Gasteiger charge is 2.45. The number of amides is 1. The molecule has 2 rings (SSSR count). The number of carbonyl (C=O) groups is 2. The van der Waals surface area contributed by atoms with Crippen LogP contribution in [0.3, 0.4) is 0 Å². The normalized spacial score (nSPS) is 39.3. The molecule has 1 aliphatic carbocycles. The maximum Gasteiger partial charge on any atom is 0.307 e. The van der Waals surface area contributed by atoms with E-state index in [9.17, 15) is 9.59 Å². The minimum absolute atomic E-state index is 0.0730. The number of carboxylic acid groups (broad SMARTS) is 1. The Bertz CT molecular complexity index is 238. The van der Waals surface area contributed by atoms with Crippen molar-refractivity contribution in [1.29, 1.82) is 0 Å². The topological polar surface area (TPSA) is 66.4 Å². The lowest BCUT2D eigenvalue weighted by atomic mass is 9.95. The van der Waals surface area contributed by atoms with E-state index in [1.807, 2.05) is 0 Å². The Morgan fingerprint density at radius 3 is 2.92 bits per heavy atom. The Morgan fingerprint density at radius 1 is 1.50 bits per heavy atom. The molecule has 0 aromatic heterocycles. The summed E-state index contributed by atoms with van der Waals surface area (Å²) in [6, 6.07) is 0. The fraction of sp³-hybridized carbons (Fsp3) is 0.750. The molecule has 2 aliphatic rings. The monoisotopic (exact) mass is 169 g/mol. The lowest BCUT2D eigenvalue weighted by Crippen LogP contribution is -2.39. The van der Waals surface area contributed by atoms with Crippen LogP contribution in [0, 0.1) is 17.8 Å². The van der Waals surface area contributed by atoms with Crippen LogP contribution in [0.15, 0.2) is 0 Å². The second-order valence-electron chi connectivity index (χ2n) is 3.63. The van der Waals surface area contributed by atoms with Crippen molar-refractivity contribution in [3.05, 3.63) is 0 Å². The lowest BCUT2D eigenvalue weighted by Gasteiger charge is -2.19. The largest absolute Gasteiger partial charge is 0.481 e. The van der Waals surface area contributed by atoms with Crippen LogP contribution in [0.4, 0.5) is 0 Å². The zero-order valence-corrected chi connectivity index (χ0v) is 6.62. The van der Waals surface area contributed by atoms with Crippen molar-refractivity contribution >= 4 is 11.9 Å². The average Bonchev–Trinajstić information content (AvgIpc) is 2.37. The van der Waals surface area contributed by atoms with Gasteiger partial charge in [-0.3, -0.25) is 9.59 Å². The minimum Gasteiger partial charge on any atom is -0.481 e. The van der Waals surface area contributed by atoms with Crippen LogP contribution in [0.25, 0.3) is 0 Å². The smallest absolute Gasteiger partial charge is 0.307 e. The van der Waals surface area contributed by atoms with Crippen molar-refractivity contribution < 1.29 is 14.7 Å². The van der Waals surface area contributed by atoms with Crippen LogP contribution in [-0.4, -0.2) is 23.5 Å². The zero-order valence-electron chi connectivity index (χ0n) is 6.62. The van der Waals surface area contributed by atoms with Gasteiger partial charge in [0.2, 0.25) is 5.91 Å². The first-order valence-corrected chi connectivity index (χ1v) is 4.19. The van der Waals surface area contributed by atoms with Crippen molar-refractivity contribution in [2.24, 2.45) is 17.8 Å². The molecule has 1 aliphatic heterocycles. The molecule has 2 bridgehead atoms. The van der Waals surface area contributed by atoms with Crippen molar-refractivity contribution in [2.75, 3.05) is 6.54 Å². The van der Waals surface area contributed by atoms with E-state index < -0.39 is 11.9 Å². The zero-order chi connectivity index (χ0) is 8.72. The number of hydrogen-bond donors (Lipinski definition) is 2. The minimum atomic E-state index is -0.820. The number of carbonyl (C=O) groups excluding carboxylic acids is 1. The van der Waals surface area contributed by atoms with Crippen LogP contribution in [0.2, 0.25) is 0 Å². The van der Waals surface area contributed by atoms with Gasteiger partial charge in [0.05, 0.1) is 11.8 Å². The molecule has 12 heavy (non-hydrogen) atoms. The standard InChI is InChI=1S/C8H11NO3/c10-7-5-1-4(3-9-7)2-6(5)8(11)12/h4-6H,1-3H2,(H,9,10)(H,11,12)/t4-,5+,6-/m0/s1. The quantitative estimate of drug-likeness (QED) is 0.573. The second-order valence-corrected chi connectivity index (χ2v) is 3.63. The van der Waals surface area contributed by atoms with Gasteiger partial charge in [-0.1, -0.05) is 0 Å². The summed E-state index contributed by atoms with van der Waals surface area (Å²) in [5.74, 6) is -1.19. The van der Waals surface area contributed by atoms with Gasteiger partial charge in [-0.05, 0) is 18.8 Å². The molecule has 2 N–H and O–H groups in total. The summed E-state index contributed by atoms with van der Waals surface area (Å²) in [4.78, 5) is 21.9. The third-order valence-electron chi connectivity index (χ3n) is 2.88. The van der Waals surface area contributed by atoms with Gasteiger partial charge < -0.3 is 10.4 Å². The first-order valence-electron chi connectivity index (χ1n) is 4.19. The van der Waals surface area contributed by atoms with Gasteiger partial charge in [0.15, 0.2) is 0 Å². The summed E-state index contributed by atoms with van der Waals surface area (Å²) in [6.07, 6.45) is 1.43. The Balaban J connectivity index is 2.19. The molecule has 1 saturated heterocycles. The molecule has 0 unspecified atom stereocenters. The first kappa shape index (κ1) is 7.58. The third kappa shape index (κ3) is 0.983. The predicted molar refractivity (Wildman–Crippen MR) is 40.3 cm³/mol. The Hall–Kier alpha value is -1.06. The second kappa shape index (κ2) is 2.47. The third-order valence-corrected chi connectivity index (χ3v) is 2.88. The van der Waals surface area contributed by atoms with Crippen molar-refractivity contribution in [1.82, 2.24) is 5.32 Å². The van der Waals surface area contributed by atoms with E-state index in [1.165, 1.54) is 0 Å². The molecule has 1 heterocycles. The van der Waals surface area contributed by atoms with E-state index in [0.717, 1.165) is 6.42 Å². The fourth-order valence-corrected chi connectivity index (χ4v) is 2.25. The average molecular weight is 169 g/mol. The molecule has 0 aromatic carbocycles. The van der Waals surface area contributed by atoms with E-state index in [-0.39, 0.29) is 11.8 Å². The van der Waals surface area contributed by atoms with Gasteiger partial charge in [0.1, 0.15) is 0 Å². The highest BCUT2D eigenvalue weighted by Crippen LogP contribution is 2.38. The van der Waals surface area contributed by atoms with Gasteiger partial charge in [0.25, 0.3) is 0 Å². The van der Waals surface area contributed by atoms with Gasteiger partial charge in [-0.15, -0.1) is 0 Å². The molecule has 4 nitrogen and oxygen atoms in total. The van der Waals surface area contributed by atoms with Crippen molar-refractivity contribution in [2.45, 2.75) is 12.8 Å². The van der Waals surface area contributed by atoms with E-state index in [4.69, 9.17) is 5.11 Å². The summed E-state index contributed by atoms with van der Waals surface area (Å²) < 4.78 is 0. The van der Waals surface area contributed by atoms with Gasteiger partial charge in [-0.25, -0.2) is 0 Å². The highest BCUT2D eigenvalue weighted by molar-refractivity contribution is 5.86. The molecule has 4 heteroatoms. The lowest BCUT2D eigenvalue weighted by molar-refractivity contribution is -0.145. The molecule has 0 aromatic rings. The molecule has 2 fully saturated rings. The number of piperidine rings is 1. The highest BCUT2D eigenvalue weighted by atomic mass is 16.4. The summed E-state index contributed by atoms with van der Waals surface area (Å²) in [5, 5.41) is 11.5. The van der Waals surface area contributed by atoms with Crippen LogP contribution >= 0.6 is 0 Å². The number of aliphatic carboxylic acids is 1. The van der Waals surface area contributed by atoms with E-state index >= 15 is 0 Å². The van der Waals surface area contributed by atoms with Gasteiger partial charge in [0, 0.05) is 6.54 Å². The maximum absolute atomic E-state index is 11.2. The summed E-state index contributed by atoms with van der Waals surface area (Å²) in [6.45, 7) is 0.666. The molecule has 1 saturated carbocycles. The fourth-order valence-electron chi connectivity index (χ4n) is 2.25. The summed E-state index contributed by atoms with van der Waals surface area (Å²) in [5.41, 5.74) is 0. The summed E-state index contributed by atoms with van der Waals surface area (Å²) in [7, 11) is 0. The van der Waals surface area contributed by atoms with Crippen molar-refractivity contribution in [3.63, 3.8) is 0 Å². The Labute approximate surface area is 69.9 Å². The SMILES string of the molecule is O=C(O)[C@H]1C[C@H]2CNC(=O)[C@@H]1C2. The van der Waals surface area contributed by atoms with Crippen LogP contribution in [0.5, 0.6) is 0 Å². The molecule has 0 radical (unpaired) electrons. The number of fused-ring (bicyclic) bond motifs is 2. The molecule has 1 amide bonds. The number of nitrogens with one attached hydrogen (secondary N) is 1. The van der Waals surface area contributed by atoms with Crippen molar-refractivity contribution in [3.8, 4) is 0 Å². The van der Waals surface area contributed by atoms with Crippen LogP contribution in [0.1, 0.15) is 12.8 Å². The Morgan fingerprint density at radius 2 is 2.25 bits per heavy atom. The van der Waals surface area contributed by atoms with E-state index in [0.29, 0.717) is 18.9 Å². The first-order chi connectivity index (χ1) is 5.68. The van der Waals surface area contributed by atoms with Crippen LogP contribution < -0.4 is 5.32 Å². The molecule has 3 atom stereocenters. The summed E-state index contributed by atoms with van der Waals surface area (Å²) >= 11 is 0. The molecular formula is C8H11NO3. The van der Waals surface area contributed by atoms with Gasteiger partial charge in [-0.2, -0.15) is 0 Å². The molecule has 0 spiro atoms. The number of carboxylic acids is 1. The Kier molecular flexibility index (Phi) is 1.56. The van der Waals surface area contributed by atoms with E-state index in [1.54, 1.807) is 0 Å². The predicted octanol–water partition coefficient (Wildman–Crippen LogP) is -0.157.